The molecule has 72 valence electrons. The second-order valence-corrected chi connectivity index (χ2v) is 3.25. The molecule has 0 fully saturated rings. The maximum Gasteiger partial charge on any atom is 0.193 e. The van der Waals surface area contributed by atoms with Crippen LogP contribution in [0, 0.1) is 5.92 Å². The van der Waals surface area contributed by atoms with Crippen LogP contribution in [0.3, 0.4) is 0 Å². The fraction of sp³-hybridized carbons (Fsp3) is 0.571. The molecule has 6 heteroatoms. The number of aliphatic hydroxyl groups excluding tert-OH is 1. The molecule has 0 radical (unpaired) electrons. The molecule has 0 aromatic carbocycles. The van der Waals surface area contributed by atoms with Gasteiger partial charge < -0.3 is 10.8 Å². The van der Waals surface area contributed by atoms with Gasteiger partial charge >= 0.3 is 0 Å². The van der Waals surface area contributed by atoms with Gasteiger partial charge in [0.25, 0.3) is 0 Å². The first-order valence-corrected chi connectivity index (χ1v) is 4.26. The van der Waals surface area contributed by atoms with Crippen molar-refractivity contribution in [1.29, 1.82) is 0 Å². The number of hydrogen-bond acceptors (Lipinski definition) is 5. The SMILES string of the molecule is CC(CO)Cc1nnc(Cl)c(N)n1. The second kappa shape index (κ2) is 4.34. The van der Waals surface area contributed by atoms with E-state index in [1.165, 1.54) is 0 Å². The van der Waals surface area contributed by atoms with Gasteiger partial charge in [-0.1, -0.05) is 18.5 Å². The summed E-state index contributed by atoms with van der Waals surface area (Å²) in [6, 6.07) is 0. The van der Waals surface area contributed by atoms with Gasteiger partial charge in [0.1, 0.15) is 0 Å². The van der Waals surface area contributed by atoms with Crippen molar-refractivity contribution in [2.45, 2.75) is 13.3 Å². The lowest BCUT2D eigenvalue weighted by Gasteiger charge is -2.05. The third kappa shape index (κ3) is 2.78. The van der Waals surface area contributed by atoms with Gasteiger partial charge in [0, 0.05) is 13.0 Å². The summed E-state index contributed by atoms with van der Waals surface area (Å²) >= 11 is 5.54. The van der Waals surface area contributed by atoms with E-state index < -0.39 is 0 Å². The Bertz CT molecular complexity index is 294. The summed E-state index contributed by atoms with van der Waals surface area (Å²) in [7, 11) is 0. The van der Waals surface area contributed by atoms with Crippen molar-refractivity contribution in [3.05, 3.63) is 11.0 Å². The Morgan fingerprint density at radius 2 is 2.23 bits per heavy atom. The molecule has 0 aliphatic carbocycles. The minimum atomic E-state index is 0.0892. The lowest BCUT2D eigenvalue weighted by atomic mass is 10.1. The van der Waals surface area contributed by atoms with Crippen molar-refractivity contribution in [2.24, 2.45) is 5.92 Å². The van der Waals surface area contributed by atoms with Crippen molar-refractivity contribution in [1.82, 2.24) is 15.2 Å². The molecule has 0 aliphatic rings. The molecule has 1 aromatic heterocycles. The van der Waals surface area contributed by atoms with Crippen LogP contribution >= 0.6 is 11.6 Å². The van der Waals surface area contributed by atoms with Crippen molar-refractivity contribution < 1.29 is 5.11 Å². The van der Waals surface area contributed by atoms with Crippen LogP contribution in [0.25, 0.3) is 0 Å². The van der Waals surface area contributed by atoms with Gasteiger partial charge in [-0.3, -0.25) is 0 Å². The highest BCUT2D eigenvalue weighted by atomic mass is 35.5. The van der Waals surface area contributed by atoms with Crippen LogP contribution in [0.5, 0.6) is 0 Å². The lowest BCUT2D eigenvalue weighted by Crippen LogP contribution is -2.10. The summed E-state index contributed by atoms with van der Waals surface area (Å²) in [5.41, 5.74) is 5.43. The van der Waals surface area contributed by atoms with E-state index in [1.54, 1.807) is 0 Å². The van der Waals surface area contributed by atoms with Gasteiger partial charge in [0.15, 0.2) is 16.8 Å². The summed E-state index contributed by atoms with van der Waals surface area (Å²) in [5, 5.41) is 16.3. The van der Waals surface area contributed by atoms with E-state index in [9.17, 15) is 0 Å². The predicted octanol–water partition coefficient (Wildman–Crippen LogP) is 0.278. The second-order valence-electron chi connectivity index (χ2n) is 2.90. The van der Waals surface area contributed by atoms with Crippen molar-refractivity contribution >= 4 is 17.4 Å². The molecule has 0 aliphatic heterocycles. The van der Waals surface area contributed by atoms with Crippen molar-refractivity contribution in [3.63, 3.8) is 0 Å². The molecule has 1 atom stereocenters. The zero-order chi connectivity index (χ0) is 9.84. The maximum absolute atomic E-state index is 8.79. The maximum atomic E-state index is 8.79. The number of anilines is 1. The summed E-state index contributed by atoms with van der Waals surface area (Å²) in [5.74, 6) is 0.780. The number of aliphatic hydroxyl groups is 1. The smallest absolute Gasteiger partial charge is 0.193 e. The number of rotatable bonds is 3. The molecular weight excluding hydrogens is 192 g/mol. The molecule has 0 saturated carbocycles. The van der Waals surface area contributed by atoms with Gasteiger partial charge in [-0.25, -0.2) is 4.98 Å². The number of nitrogen functional groups attached to an aromatic ring is 1. The molecule has 13 heavy (non-hydrogen) atoms. The molecule has 3 N–H and O–H groups in total. The van der Waals surface area contributed by atoms with E-state index in [0.717, 1.165) is 0 Å². The first kappa shape index (κ1) is 10.1. The van der Waals surface area contributed by atoms with Gasteiger partial charge in [-0.2, -0.15) is 0 Å². The van der Waals surface area contributed by atoms with Crippen LogP contribution in [0.15, 0.2) is 0 Å². The quantitative estimate of drug-likeness (QED) is 0.736. The van der Waals surface area contributed by atoms with E-state index in [4.69, 9.17) is 22.4 Å². The van der Waals surface area contributed by atoms with E-state index in [0.29, 0.717) is 12.2 Å². The Kier molecular flexibility index (Phi) is 3.39. The highest BCUT2D eigenvalue weighted by Crippen LogP contribution is 2.11. The molecule has 1 aromatic rings. The molecule has 0 amide bonds. The zero-order valence-electron chi connectivity index (χ0n) is 7.24. The highest BCUT2D eigenvalue weighted by Gasteiger charge is 2.07. The van der Waals surface area contributed by atoms with Gasteiger partial charge in [-0.15, -0.1) is 10.2 Å². The van der Waals surface area contributed by atoms with Crippen LogP contribution < -0.4 is 5.73 Å². The number of nitrogens with two attached hydrogens (primary N) is 1. The van der Waals surface area contributed by atoms with Crippen LogP contribution in [0.1, 0.15) is 12.7 Å². The minimum Gasteiger partial charge on any atom is -0.396 e. The summed E-state index contributed by atoms with van der Waals surface area (Å²) in [6.07, 6.45) is 0.546. The zero-order valence-corrected chi connectivity index (χ0v) is 7.99. The first-order chi connectivity index (χ1) is 6.13. The average molecular weight is 203 g/mol. The number of aromatic nitrogens is 3. The summed E-state index contributed by atoms with van der Waals surface area (Å²) in [4.78, 5) is 3.92. The molecule has 1 heterocycles. The normalized spacial score (nSPS) is 12.8. The Balaban J connectivity index is 2.73. The van der Waals surface area contributed by atoms with E-state index in [1.807, 2.05) is 6.92 Å². The number of nitrogens with zero attached hydrogens (tertiary/aromatic N) is 3. The Labute approximate surface area is 81.0 Å². The molecule has 0 bridgehead atoms. The Morgan fingerprint density at radius 3 is 2.77 bits per heavy atom. The predicted molar refractivity (Wildman–Crippen MR) is 49.2 cm³/mol. The standard InChI is InChI=1S/C7H11ClN4O/c1-4(3-13)2-5-10-7(9)6(8)12-11-5/h4,13H,2-3H2,1H3,(H2,9,10,11). The topological polar surface area (TPSA) is 84.9 Å². The van der Waals surface area contributed by atoms with Gasteiger partial charge in [0.2, 0.25) is 0 Å². The number of hydrogen-bond donors (Lipinski definition) is 2. The third-order valence-electron chi connectivity index (χ3n) is 1.56. The molecular formula is C7H11ClN4O. The Morgan fingerprint density at radius 1 is 1.54 bits per heavy atom. The van der Waals surface area contributed by atoms with Crippen LogP contribution in [-0.2, 0) is 6.42 Å². The lowest BCUT2D eigenvalue weighted by molar-refractivity contribution is 0.235. The fourth-order valence-corrected chi connectivity index (χ4v) is 0.903. The van der Waals surface area contributed by atoms with Gasteiger partial charge in [0.05, 0.1) is 0 Å². The fourth-order valence-electron chi connectivity index (χ4n) is 0.823. The highest BCUT2D eigenvalue weighted by molar-refractivity contribution is 6.31. The third-order valence-corrected chi connectivity index (χ3v) is 1.83. The minimum absolute atomic E-state index is 0.0892. The Hall–Kier alpha value is -0.940. The summed E-state index contributed by atoms with van der Waals surface area (Å²) < 4.78 is 0. The monoisotopic (exact) mass is 202 g/mol. The molecule has 5 nitrogen and oxygen atoms in total. The van der Waals surface area contributed by atoms with Crippen molar-refractivity contribution in [3.8, 4) is 0 Å². The van der Waals surface area contributed by atoms with Gasteiger partial charge in [-0.05, 0) is 5.92 Å². The van der Waals surface area contributed by atoms with Crippen LogP contribution in [0.4, 0.5) is 5.82 Å². The number of halogens is 1. The first-order valence-electron chi connectivity index (χ1n) is 3.89. The van der Waals surface area contributed by atoms with Crippen LogP contribution in [-0.4, -0.2) is 26.9 Å². The van der Waals surface area contributed by atoms with Crippen LogP contribution in [0.2, 0.25) is 5.15 Å². The van der Waals surface area contributed by atoms with E-state index in [-0.39, 0.29) is 23.5 Å². The van der Waals surface area contributed by atoms with E-state index >= 15 is 0 Å². The largest absolute Gasteiger partial charge is 0.396 e. The molecule has 0 spiro atoms. The van der Waals surface area contributed by atoms with Crippen molar-refractivity contribution in [2.75, 3.05) is 12.3 Å². The molecule has 0 saturated heterocycles. The molecule has 1 rings (SSSR count). The molecule has 1 unspecified atom stereocenters. The summed E-state index contributed by atoms with van der Waals surface area (Å²) in [6.45, 7) is 1.97. The van der Waals surface area contributed by atoms with E-state index in [2.05, 4.69) is 15.2 Å². The average Bonchev–Trinajstić information content (AvgIpc) is 2.11.